The third-order valence-corrected chi connectivity index (χ3v) is 7.95. The molecule has 2 bridgehead atoms. The van der Waals surface area contributed by atoms with Gasteiger partial charge in [-0.25, -0.2) is 0 Å². The second-order valence-corrected chi connectivity index (χ2v) is 9.56. The standard InChI is InChI=1S/C17H28N4O4S/c1-13-17(14(2)25-18-13)12-19-9-15-3-4-16(11-19)21(10-15)26(22,23)20-5-7-24-8-6-20/h15-16H,3-12H2,1-2H3/t15-,16+/m0/s1. The van der Waals surface area contributed by atoms with Crippen LogP contribution in [0.25, 0.3) is 0 Å². The Kier molecular flexibility index (Phi) is 5.08. The third-order valence-electron chi connectivity index (χ3n) is 5.89. The largest absolute Gasteiger partial charge is 0.379 e. The number of fused-ring (bicyclic) bond motifs is 4. The Morgan fingerprint density at radius 3 is 2.58 bits per heavy atom. The molecule has 5 rings (SSSR count). The summed E-state index contributed by atoms with van der Waals surface area (Å²) in [6.07, 6.45) is 2.03. The van der Waals surface area contributed by atoms with E-state index < -0.39 is 10.2 Å². The smallest absolute Gasteiger partial charge is 0.282 e. The van der Waals surface area contributed by atoms with Crippen LogP contribution in [0.15, 0.2) is 4.52 Å². The highest BCUT2D eigenvalue weighted by Crippen LogP contribution is 2.32. The van der Waals surface area contributed by atoms with Crippen molar-refractivity contribution in [1.29, 1.82) is 0 Å². The first kappa shape index (κ1) is 18.4. The molecule has 0 aromatic carbocycles. The van der Waals surface area contributed by atoms with E-state index in [4.69, 9.17) is 9.26 Å². The quantitative estimate of drug-likeness (QED) is 0.763. The fourth-order valence-electron chi connectivity index (χ4n) is 4.42. The number of rotatable bonds is 4. The first-order valence-corrected chi connectivity index (χ1v) is 10.8. The van der Waals surface area contributed by atoms with E-state index in [0.29, 0.717) is 38.8 Å². The SMILES string of the molecule is Cc1noc(C)c1CN1C[C@@H]2CC[C@H](C1)N(S(=O)(=O)N1CCOCC1)C2. The Hall–Kier alpha value is -1.00. The fraction of sp³-hybridized carbons (Fsp3) is 0.824. The minimum Gasteiger partial charge on any atom is -0.379 e. The van der Waals surface area contributed by atoms with E-state index in [0.717, 1.165) is 49.5 Å². The molecule has 0 unspecified atom stereocenters. The molecule has 4 fully saturated rings. The molecule has 0 N–H and O–H groups in total. The minimum absolute atomic E-state index is 0.0436. The van der Waals surface area contributed by atoms with Crippen molar-refractivity contribution < 1.29 is 17.7 Å². The molecule has 0 aliphatic carbocycles. The molecule has 9 heteroatoms. The van der Waals surface area contributed by atoms with Crippen LogP contribution in [0.3, 0.4) is 0 Å². The summed E-state index contributed by atoms with van der Waals surface area (Å²) in [5.41, 5.74) is 2.06. The summed E-state index contributed by atoms with van der Waals surface area (Å²) in [6.45, 7) is 8.89. The second kappa shape index (κ2) is 7.20. The summed E-state index contributed by atoms with van der Waals surface area (Å²) in [7, 11) is -3.41. The molecule has 2 atom stereocenters. The third kappa shape index (κ3) is 3.43. The lowest BCUT2D eigenvalue weighted by molar-refractivity contribution is 0.0677. The molecule has 1 aromatic rings. The topological polar surface area (TPSA) is 79.1 Å². The average molecular weight is 385 g/mol. The lowest BCUT2D eigenvalue weighted by Gasteiger charge is -2.39. The van der Waals surface area contributed by atoms with Gasteiger partial charge in [0.1, 0.15) is 5.76 Å². The van der Waals surface area contributed by atoms with E-state index in [1.165, 1.54) is 0 Å². The molecule has 4 aliphatic rings. The Bertz CT molecular complexity index is 724. The van der Waals surface area contributed by atoms with E-state index >= 15 is 0 Å². The number of piperidine rings is 1. The van der Waals surface area contributed by atoms with Crippen molar-refractivity contribution in [3.05, 3.63) is 17.0 Å². The van der Waals surface area contributed by atoms with E-state index in [9.17, 15) is 8.42 Å². The molecule has 26 heavy (non-hydrogen) atoms. The van der Waals surface area contributed by atoms with Gasteiger partial charge < -0.3 is 9.26 Å². The summed E-state index contributed by atoms with van der Waals surface area (Å²) in [4.78, 5) is 2.38. The average Bonchev–Trinajstić information content (AvgIpc) is 2.83. The van der Waals surface area contributed by atoms with Gasteiger partial charge in [0.15, 0.2) is 0 Å². The van der Waals surface area contributed by atoms with Crippen LogP contribution in [0.2, 0.25) is 0 Å². The summed E-state index contributed by atoms with van der Waals surface area (Å²) in [5.74, 6) is 1.24. The van der Waals surface area contributed by atoms with E-state index in [2.05, 4.69) is 10.1 Å². The monoisotopic (exact) mass is 384 g/mol. The van der Waals surface area contributed by atoms with Gasteiger partial charge >= 0.3 is 0 Å². The van der Waals surface area contributed by atoms with Crippen LogP contribution >= 0.6 is 0 Å². The van der Waals surface area contributed by atoms with E-state index in [1.54, 1.807) is 8.61 Å². The van der Waals surface area contributed by atoms with Gasteiger partial charge in [0.2, 0.25) is 0 Å². The van der Waals surface area contributed by atoms with Crippen LogP contribution in [0, 0.1) is 19.8 Å². The van der Waals surface area contributed by atoms with Gasteiger partial charge in [-0.3, -0.25) is 4.90 Å². The van der Waals surface area contributed by atoms with Crippen LogP contribution in [0.1, 0.15) is 29.9 Å². The van der Waals surface area contributed by atoms with Crippen LogP contribution in [0.4, 0.5) is 0 Å². The molecule has 0 amide bonds. The molecular weight excluding hydrogens is 356 g/mol. The van der Waals surface area contributed by atoms with Crippen molar-refractivity contribution >= 4 is 10.2 Å². The Balaban J connectivity index is 1.51. The number of aromatic nitrogens is 1. The van der Waals surface area contributed by atoms with Gasteiger partial charge in [0.05, 0.1) is 18.9 Å². The molecule has 8 nitrogen and oxygen atoms in total. The Morgan fingerprint density at radius 1 is 1.12 bits per heavy atom. The van der Waals surface area contributed by atoms with Crippen molar-refractivity contribution in [3.8, 4) is 0 Å². The number of ether oxygens (including phenoxy) is 1. The maximum Gasteiger partial charge on any atom is 0.282 e. The van der Waals surface area contributed by atoms with Gasteiger partial charge in [-0.15, -0.1) is 0 Å². The molecule has 0 saturated carbocycles. The minimum atomic E-state index is -3.41. The van der Waals surface area contributed by atoms with E-state index in [1.807, 2.05) is 13.8 Å². The first-order chi connectivity index (χ1) is 12.4. The summed E-state index contributed by atoms with van der Waals surface area (Å²) >= 11 is 0. The number of aryl methyl sites for hydroxylation is 2. The summed E-state index contributed by atoms with van der Waals surface area (Å²) in [6, 6.07) is 0.0436. The molecule has 0 spiro atoms. The molecule has 146 valence electrons. The normalized spacial score (nSPS) is 29.2. The zero-order valence-electron chi connectivity index (χ0n) is 15.6. The van der Waals surface area contributed by atoms with Gasteiger partial charge in [-0.2, -0.15) is 17.0 Å². The Morgan fingerprint density at radius 2 is 1.88 bits per heavy atom. The van der Waals surface area contributed by atoms with Crippen molar-refractivity contribution in [1.82, 2.24) is 18.7 Å². The van der Waals surface area contributed by atoms with Crippen LogP contribution in [0.5, 0.6) is 0 Å². The van der Waals surface area contributed by atoms with Crippen LogP contribution in [-0.4, -0.2) is 79.1 Å². The van der Waals surface area contributed by atoms with Crippen molar-refractivity contribution in [2.75, 3.05) is 45.9 Å². The van der Waals surface area contributed by atoms with Crippen molar-refractivity contribution in [2.24, 2.45) is 5.92 Å². The fourth-order valence-corrected chi connectivity index (χ4v) is 6.28. The highest BCUT2D eigenvalue weighted by Gasteiger charge is 2.43. The maximum absolute atomic E-state index is 13.2. The molecule has 4 aliphatic heterocycles. The van der Waals surface area contributed by atoms with Crippen LogP contribution < -0.4 is 0 Å². The molecule has 0 radical (unpaired) electrons. The molecule has 5 heterocycles. The lowest BCUT2D eigenvalue weighted by Crippen LogP contribution is -2.55. The highest BCUT2D eigenvalue weighted by molar-refractivity contribution is 7.86. The van der Waals surface area contributed by atoms with Gasteiger partial charge in [0, 0.05) is 50.9 Å². The highest BCUT2D eigenvalue weighted by atomic mass is 32.2. The lowest BCUT2D eigenvalue weighted by atomic mass is 9.97. The van der Waals surface area contributed by atoms with Gasteiger partial charge in [-0.05, 0) is 32.6 Å². The Labute approximate surface area is 155 Å². The summed E-state index contributed by atoms with van der Waals surface area (Å²) < 4.78 is 40.3. The van der Waals surface area contributed by atoms with Crippen LogP contribution in [-0.2, 0) is 21.5 Å². The molecule has 4 saturated heterocycles. The number of nitrogens with zero attached hydrogens (tertiary/aromatic N) is 4. The van der Waals surface area contributed by atoms with Crippen molar-refractivity contribution in [2.45, 2.75) is 39.3 Å². The molecule has 1 aromatic heterocycles. The predicted octanol–water partition coefficient (Wildman–Crippen LogP) is 0.765. The van der Waals surface area contributed by atoms with Crippen molar-refractivity contribution in [3.63, 3.8) is 0 Å². The van der Waals surface area contributed by atoms with E-state index in [-0.39, 0.29) is 6.04 Å². The number of morpholine rings is 1. The molecular formula is C17H28N4O4S. The number of hydrogen-bond donors (Lipinski definition) is 0. The van der Waals surface area contributed by atoms with Gasteiger partial charge in [-0.1, -0.05) is 5.16 Å². The number of hydrogen-bond acceptors (Lipinski definition) is 6. The second-order valence-electron chi connectivity index (χ2n) is 7.68. The summed E-state index contributed by atoms with van der Waals surface area (Å²) in [5, 5.41) is 4.05. The maximum atomic E-state index is 13.2. The zero-order valence-corrected chi connectivity index (χ0v) is 16.4. The van der Waals surface area contributed by atoms with Gasteiger partial charge in [0.25, 0.3) is 10.2 Å². The first-order valence-electron chi connectivity index (χ1n) is 9.44. The predicted molar refractivity (Wildman–Crippen MR) is 95.8 cm³/mol. The zero-order chi connectivity index (χ0) is 18.3.